The van der Waals surface area contributed by atoms with E-state index in [1.165, 1.54) is 0 Å². The molecule has 24 heavy (non-hydrogen) atoms. The van der Waals surface area contributed by atoms with E-state index in [-0.39, 0.29) is 24.4 Å². The normalized spacial score (nSPS) is 17.9. The van der Waals surface area contributed by atoms with E-state index in [9.17, 15) is 14.6 Å². The third kappa shape index (κ3) is 6.79. The van der Waals surface area contributed by atoms with Gasteiger partial charge in [-0.15, -0.1) is 0 Å². The minimum absolute atomic E-state index is 0.105. The number of nitrogens with one attached hydrogen (secondary N) is 1. The van der Waals surface area contributed by atoms with Gasteiger partial charge < -0.3 is 5.32 Å². The van der Waals surface area contributed by atoms with Crippen molar-refractivity contribution in [3.05, 3.63) is 46.0 Å². The molecule has 2 rings (SSSR count). The smallest absolute Gasteiger partial charge is 0.275 e. The Labute approximate surface area is 153 Å². The largest absolute Gasteiger partial charge is 0.306 e. The van der Waals surface area contributed by atoms with Crippen molar-refractivity contribution in [3.63, 3.8) is 0 Å². The highest BCUT2D eigenvalue weighted by Gasteiger charge is 2.38. The molecule has 0 aliphatic heterocycles. The lowest BCUT2D eigenvalue weighted by atomic mass is 9.96. The van der Waals surface area contributed by atoms with Crippen LogP contribution in [-0.2, 0) is 11.3 Å². The van der Waals surface area contributed by atoms with Gasteiger partial charge in [-0.1, -0.05) is 41.4 Å². The first-order chi connectivity index (χ1) is 11.4. The molecular formula is C17H23Cl2NO3P+. The van der Waals surface area contributed by atoms with Crippen LogP contribution in [0.2, 0.25) is 10.0 Å². The van der Waals surface area contributed by atoms with Crippen molar-refractivity contribution in [3.8, 4) is 0 Å². The molecule has 0 saturated heterocycles. The van der Waals surface area contributed by atoms with Gasteiger partial charge in [0, 0.05) is 12.5 Å². The number of benzene rings is 1. The number of hydrogen-bond donors (Lipinski definition) is 3. The predicted molar refractivity (Wildman–Crippen MR) is 101 cm³/mol. The molecule has 1 aromatic rings. The van der Waals surface area contributed by atoms with Crippen molar-refractivity contribution in [2.75, 3.05) is 18.9 Å². The second-order valence-corrected chi connectivity index (χ2v) is 9.51. The highest BCUT2D eigenvalue weighted by Crippen LogP contribution is 2.52. The molecule has 0 aromatic heterocycles. The Morgan fingerprint density at radius 1 is 1.25 bits per heavy atom. The lowest BCUT2D eigenvalue weighted by Gasteiger charge is -2.20. The molecule has 0 amide bonds. The Hall–Kier alpha value is -0.480. The summed E-state index contributed by atoms with van der Waals surface area (Å²) in [6.45, 7) is 0.575. The number of hydrogen-bond acceptors (Lipinski definition) is 4. The zero-order chi connectivity index (χ0) is 17.6. The fraction of sp³-hybridized carbons (Fsp3) is 0.471. The summed E-state index contributed by atoms with van der Waals surface area (Å²) in [6, 6.07) is 5.28. The Morgan fingerprint density at radius 3 is 2.71 bits per heavy atom. The Kier molecular flexibility index (Phi) is 7.67. The van der Waals surface area contributed by atoms with E-state index in [0.29, 0.717) is 22.8 Å². The lowest BCUT2D eigenvalue weighted by Crippen LogP contribution is -2.27. The predicted octanol–water partition coefficient (Wildman–Crippen LogP) is 3.84. The number of carbonyl (C=O) groups is 1. The quantitative estimate of drug-likeness (QED) is 0.465. The molecule has 0 fully saturated rings. The maximum Gasteiger partial charge on any atom is 0.275 e. The van der Waals surface area contributed by atoms with Gasteiger partial charge in [-0.2, -0.15) is 0 Å². The van der Waals surface area contributed by atoms with Crippen LogP contribution in [0.4, 0.5) is 0 Å². The number of Topliss-reactive ketones (excluding diaryl/α,β-unsaturated/α-hetero) is 1. The Morgan fingerprint density at radius 2 is 2.04 bits per heavy atom. The van der Waals surface area contributed by atoms with Crippen LogP contribution in [0.3, 0.4) is 0 Å². The molecule has 1 aliphatic carbocycles. The molecular weight excluding hydrogens is 368 g/mol. The van der Waals surface area contributed by atoms with Gasteiger partial charge in [0.1, 0.15) is 6.16 Å². The van der Waals surface area contributed by atoms with E-state index in [1.54, 1.807) is 12.1 Å². The molecule has 4 nitrogen and oxygen atoms in total. The van der Waals surface area contributed by atoms with Crippen LogP contribution in [-0.4, -0.2) is 34.4 Å². The average molecular weight is 391 g/mol. The first-order valence-electron chi connectivity index (χ1n) is 7.99. The third-order valence-corrected chi connectivity index (χ3v) is 6.69. The summed E-state index contributed by atoms with van der Waals surface area (Å²) in [6.07, 6.45) is 7.19. The molecule has 0 radical (unpaired) electrons. The Bertz CT molecular complexity index is 607. The molecule has 1 unspecified atom stereocenters. The van der Waals surface area contributed by atoms with E-state index >= 15 is 0 Å². The molecule has 0 bridgehead atoms. The molecule has 1 atom stereocenters. The summed E-state index contributed by atoms with van der Waals surface area (Å²) in [7, 11) is -3.16. The fourth-order valence-corrected chi connectivity index (χ4v) is 5.12. The van der Waals surface area contributed by atoms with Crippen molar-refractivity contribution in [1.82, 2.24) is 5.32 Å². The van der Waals surface area contributed by atoms with Gasteiger partial charge >= 0.3 is 0 Å². The van der Waals surface area contributed by atoms with Crippen LogP contribution >= 0.6 is 30.9 Å². The van der Waals surface area contributed by atoms with Crippen molar-refractivity contribution in [2.24, 2.45) is 5.92 Å². The molecule has 0 spiro atoms. The van der Waals surface area contributed by atoms with Crippen LogP contribution in [0.1, 0.15) is 24.8 Å². The molecule has 3 N–H and O–H groups in total. The summed E-state index contributed by atoms with van der Waals surface area (Å²) >= 11 is 11.8. The maximum atomic E-state index is 12.0. The van der Waals surface area contributed by atoms with E-state index in [2.05, 4.69) is 17.5 Å². The third-order valence-electron chi connectivity index (χ3n) is 3.99. The zero-order valence-electron chi connectivity index (χ0n) is 13.4. The highest BCUT2D eigenvalue weighted by molar-refractivity contribution is 7.65. The van der Waals surface area contributed by atoms with Crippen molar-refractivity contribution in [1.29, 1.82) is 0 Å². The molecule has 0 saturated carbocycles. The molecule has 7 heteroatoms. The van der Waals surface area contributed by atoms with E-state index in [1.807, 2.05) is 6.07 Å². The average Bonchev–Trinajstić information content (AvgIpc) is 2.50. The number of ketones is 1. The number of halogens is 2. The topological polar surface area (TPSA) is 69.6 Å². The summed E-state index contributed by atoms with van der Waals surface area (Å²) in [5.41, 5.74) is 0.917. The monoisotopic (exact) mass is 390 g/mol. The standard InChI is InChI=1S/C17H23Cl2NO3P/c18-16-7-6-14(8-17(16)19)9-20-10-15(21)12-24(22,23)11-13-4-2-1-3-5-13/h1-2,6-8,13,20,22-23H,3-5,9-12H2/q+1. The molecule has 132 valence electrons. The van der Waals surface area contributed by atoms with E-state index < -0.39 is 7.72 Å². The van der Waals surface area contributed by atoms with Crippen LogP contribution in [0.5, 0.6) is 0 Å². The van der Waals surface area contributed by atoms with Gasteiger partial charge in [0.2, 0.25) is 0 Å². The van der Waals surface area contributed by atoms with E-state index in [4.69, 9.17) is 23.2 Å². The van der Waals surface area contributed by atoms with Gasteiger partial charge in [0.15, 0.2) is 11.9 Å². The molecule has 1 aromatic carbocycles. The second-order valence-electron chi connectivity index (χ2n) is 6.26. The van der Waals surface area contributed by atoms with Gasteiger partial charge in [-0.05, 0) is 37.0 Å². The highest BCUT2D eigenvalue weighted by atomic mass is 35.5. The van der Waals surface area contributed by atoms with Crippen LogP contribution in [0.25, 0.3) is 0 Å². The van der Waals surface area contributed by atoms with Crippen LogP contribution < -0.4 is 5.32 Å². The van der Waals surface area contributed by atoms with Crippen molar-refractivity contribution >= 4 is 36.7 Å². The Balaban J connectivity index is 1.73. The minimum Gasteiger partial charge on any atom is -0.306 e. The second kappa shape index (κ2) is 9.28. The SMILES string of the molecule is O=C(CNCc1ccc(Cl)c(Cl)c1)C[P+](O)(O)CC1CC=CCC1. The first kappa shape index (κ1) is 19.8. The summed E-state index contributed by atoms with van der Waals surface area (Å²) < 4.78 is 0. The maximum absolute atomic E-state index is 12.0. The van der Waals surface area contributed by atoms with Gasteiger partial charge in [-0.3, -0.25) is 4.79 Å². The van der Waals surface area contributed by atoms with Crippen molar-refractivity contribution in [2.45, 2.75) is 25.8 Å². The summed E-state index contributed by atoms with van der Waals surface area (Å²) in [5, 5.41) is 3.97. The summed E-state index contributed by atoms with van der Waals surface area (Å²) in [4.78, 5) is 32.4. The summed E-state index contributed by atoms with van der Waals surface area (Å²) in [5.74, 6) is 0.0926. The van der Waals surface area contributed by atoms with Gasteiger partial charge in [0.25, 0.3) is 7.72 Å². The lowest BCUT2D eigenvalue weighted by molar-refractivity contribution is -0.116. The minimum atomic E-state index is -3.16. The van der Waals surface area contributed by atoms with Crippen LogP contribution in [0, 0.1) is 5.92 Å². The zero-order valence-corrected chi connectivity index (χ0v) is 15.8. The van der Waals surface area contributed by atoms with Crippen molar-refractivity contribution < 1.29 is 14.6 Å². The number of allylic oxidation sites excluding steroid dienone is 2. The number of carbonyl (C=O) groups excluding carboxylic acids is 1. The fourth-order valence-electron chi connectivity index (χ4n) is 2.83. The molecule has 1 aliphatic rings. The van der Waals surface area contributed by atoms with Gasteiger partial charge in [0.05, 0.1) is 16.6 Å². The van der Waals surface area contributed by atoms with E-state index in [0.717, 1.165) is 24.8 Å². The first-order valence-corrected chi connectivity index (χ1v) is 10.8. The van der Waals surface area contributed by atoms with Gasteiger partial charge in [-0.25, -0.2) is 9.79 Å². The van der Waals surface area contributed by atoms with Crippen LogP contribution in [0.15, 0.2) is 30.4 Å². The number of rotatable bonds is 8. The molecule has 0 heterocycles.